The molecule has 1 amide bonds. The molecule has 5 nitrogen and oxygen atoms in total. The monoisotopic (exact) mass is 451 g/mol. The second kappa shape index (κ2) is 10.1. The molecule has 0 bridgehead atoms. The first-order valence-corrected chi connectivity index (χ1v) is 10.7. The molecule has 1 aromatic heterocycles. The van der Waals surface area contributed by atoms with E-state index < -0.39 is 5.82 Å². The largest absolute Gasteiger partial charge is 0.494 e. The van der Waals surface area contributed by atoms with Gasteiger partial charge >= 0.3 is 0 Å². The molecule has 30 heavy (non-hydrogen) atoms. The molecule has 0 aliphatic rings. The number of hydrogen-bond donors (Lipinski definition) is 1. The second-order valence-corrected chi connectivity index (χ2v) is 7.96. The number of halogens is 3. The highest BCUT2D eigenvalue weighted by Gasteiger charge is 2.17. The highest BCUT2D eigenvalue weighted by Crippen LogP contribution is 2.30. The molecule has 1 N–H and O–H groups in total. The minimum absolute atomic E-state index is 0.0318. The normalized spacial score (nSPS) is 12.2. The Morgan fingerprint density at radius 1 is 1.27 bits per heavy atom. The molecule has 0 aliphatic carbocycles. The van der Waals surface area contributed by atoms with Crippen LogP contribution in [0.25, 0.3) is 22.4 Å². The maximum Gasteiger partial charge on any atom is 0.217 e. The topological polar surface area (TPSA) is 56.2 Å². The average molecular weight is 452 g/mol. The van der Waals surface area contributed by atoms with Crippen molar-refractivity contribution >= 4 is 40.1 Å². The van der Waals surface area contributed by atoms with Crippen molar-refractivity contribution in [3.8, 4) is 17.1 Å². The lowest BCUT2D eigenvalue weighted by Crippen LogP contribution is -2.34. The number of carbonyl (C=O) groups is 1. The van der Waals surface area contributed by atoms with Crippen LogP contribution in [0.4, 0.5) is 4.39 Å². The van der Waals surface area contributed by atoms with Crippen LogP contribution in [0.1, 0.15) is 26.7 Å². The van der Waals surface area contributed by atoms with Gasteiger partial charge in [0.05, 0.1) is 22.7 Å². The highest BCUT2D eigenvalue weighted by atomic mass is 35.5. The summed E-state index contributed by atoms with van der Waals surface area (Å²) >= 11 is 11.7. The molecule has 1 unspecified atom stereocenters. The van der Waals surface area contributed by atoms with Crippen molar-refractivity contribution in [2.24, 2.45) is 0 Å². The molecule has 1 atom stereocenters. The van der Waals surface area contributed by atoms with Crippen molar-refractivity contribution in [2.45, 2.75) is 39.3 Å². The van der Waals surface area contributed by atoms with Crippen LogP contribution in [0, 0.1) is 5.82 Å². The van der Waals surface area contributed by atoms with Crippen LogP contribution in [0.3, 0.4) is 0 Å². The minimum Gasteiger partial charge on any atom is -0.494 e. The summed E-state index contributed by atoms with van der Waals surface area (Å²) in [6.45, 7) is 4.48. The summed E-state index contributed by atoms with van der Waals surface area (Å²) in [5, 5.41) is 2.92. The SMILES string of the molecule is CC(=O)NC(C)Cn1c(-c2ccc(F)c(Cl)c2)nc2cc(OCCCCCl)ccc21. The number of nitrogens with zero attached hydrogens (tertiary/aromatic N) is 2. The Kier molecular flexibility index (Phi) is 7.56. The third-order valence-corrected chi connectivity index (χ3v) is 5.16. The zero-order chi connectivity index (χ0) is 21.7. The number of imidazole rings is 1. The van der Waals surface area contributed by atoms with Gasteiger partial charge < -0.3 is 14.6 Å². The van der Waals surface area contributed by atoms with Gasteiger partial charge in [-0.3, -0.25) is 4.79 Å². The van der Waals surface area contributed by atoms with Gasteiger partial charge in [0.2, 0.25) is 5.91 Å². The molecule has 0 radical (unpaired) electrons. The van der Waals surface area contributed by atoms with Gasteiger partial charge in [-0.2, -0.15) is 0 Å². The molecule has 0 saturated heterocycles. The standard InChI is InChI=1S/C22H24Cl2FN3O2/c1-14(26-15(2)29)13-28-21-8-6-17(30-10-4-3-9-23)12-20(21)27-22(28)16-5-7-19(25)18(24)11-16/h5-8,11-12,14H,3-4,9-10,13H2,1-2H3,(H,26,29). The van der Waals surface area contributed by atoms with Crippen LogP contribution < -0.4 is 10.1 Å². The maximum absolute atomic E-state index is 13.7. The number of carbonyl (C=O) groups excluding carboxylic acids is 1. The van der Waals surface area contributed by atoms with Crippen molar-refractivity contribution in [1.82, 2.24) is 14.9 Å². The van der Waals surface area contributed by atoms with Gasteiger partial charge in [0, 0.05) is 37.0 Å². The average Bonchev–Trinajstić information content (AvgIpc) is 3.04. The van der Waals surface area contributed by atoms with E-state index in [1.54, 1.807) is 12.1 Å². The summed E-state index contributed by atoms with van der Waals surface area (Å²) < 4.78 is 21.5. The summed E-state index contributed by atoms with van der Waals surface area (Å²) in [5.74, 6) is 1.39. The number of ether oxygens (including phenoxy) is 1. The lowest BCUT2D eigenvalue weighted by Gasteiger charge is -2.16. The maximum atomic E-state index is 13.7. The van der Waals surface area contributed by atoms with E-state index in [9.17, 15) is 9.18 Å². The van der Waals surface area contributed by atoms with Crippen molar-refractivity contribution in [3.05, 3.63) is 47.2 Å². The fourth-order valence-electron chi connectivity index (χ4n) is 3.29. The Hall–Kier alpha value is -2.31. The molecule has 2 aromatic carbocycles. The number of benzene rings is 2. The molecule has 8 heteroatoms. The Morgan fingerprint density at radius 2 is 2.07 bits per heavy atom. The smallest absolute Gasteiger partial charge is 0.217 e. The molecule has 3 rings (SSSR count). The Balaban J connectivity index is 1.99. The fraction of sp³-hybridized carbons (Fsp3) is 0.364. The van der Waals surface area contributed by atoms with Gasteiger partial charge in [0.25, 0.3) is 0 Å². The molecule has 0 aliphatic heterocycles. The minimum atomic E-state index is -0.484. The van der Waals surface area contributed by atoms with Crippen molar-refractivity contribution in [3.63, 3.8) is 0 Å². The molecule has 1 heterocycles. The number of hydrogen-bond acceptors (Lipinski definition) is 3. The molecule has 0 saturated carbocycles. The zero-order valence-electron chi connectivity index (χ0n) is 16.9. The van der Waals surface area contributed by atoms with Crippen molar-refractivity contribution in [1.29, 1.82) is 0 Å². The number of aromatic nitrogens is 2. The fourth-order valence-corrected chi connectivity index (χ4v) is 3.66. The zero-order valence-corrected chi connectivity index (χ0v) is 18.4. The summed E-state index contributed by atoms with van der Waals surface area (Å²) in [6.07, 6.45) is 1.78. The summed E-state index contributed by atoms with van der Waals surface area (Å²) in [7, 11) is 0. The third-order valence-electron chi connectivity index (χ3n) is 4.60. The second-order valence-electron chi connectivity index (χ2n) is 7.17. The Morgan fingerprint density at radius 3 is 2.77 bits per heavy atom. The first-order chi connectivity index (χ1) is 14.4. The van der Waals surface area contributed by atoms with Gasteiger partial charge in [-0.1, -0.05) is 11.6 Å². The summed E-state index contributed by atoms with van der Waals surface area (Å²) in [4.78, 5) is 16.2. The number of rotatable bonds is 9. The number of nitrogens with one attached hydrogen (secondary N) is 1. The quantitative estimate of drug-likeness (QED) is 0.349. The van der Waals surface area contributed by atoms with E-state index in [1.165, 1.54) is 13.0 Å². The van der Waals surface area contributed by atoms with Crippen LogP contribution >= 0.6 is 23.2 Å². The molecule has 3 aromatic rings. The van der Waals surface area contributed by atoms with Crippen LogP contribution in [0.2, 0.25) is 5.02 Å². The molecule has 160 valence electrons. The predicted molar refractivity (Wildman–Crippen MR) is 119 cm³/mol. The lowest BCUT2D eigenvalue weighted by molar-refractivity contribution is -0.119. The van der Waals surface area contributed by atoms with E-state index in [0.717, 1.165) is 29.6 Å². The van der Waals surface area contributed by atoms with Crippen molar-refractivity contribution in [2.75, 3.05) is 12.5 Å². The number of amides is 1. The van der Waals surface area contributed by atoms with Gasteiger partial charge in [0.1, 0.15) is 17.4 Å². The Bertz CT molecular complexity index is 1040. The van der Waals surface area contributed by atoms with E-state index >= 15 is 0 Å². The summed E-state index contributed by atoms with van der Waals surface area (Å²) in [5.41, 5.74) is 2.32. The van der Waals surface area contributed by atoms with Crippen LogP contribution in [-0.2, 0) is 11.3 Å². The highest BCUT2D eigenvalue weighted by molar-refractivity contribution is 6.31. The van der Waals surface area contributed by atoms with Gasteiger partial charge in [0.15, 0.2) is 0 Å². The van der Waals surface area contributed by atoms with E-state index in [2.05, 4.69) is 5.32 Å². The van der Waals surface area contributed by atoms with Gasteiger partial charge in [-0.25, -0.2) is 9.37 Å². The van der Waals surface area contributed by atoms with E-state index in [0.29, 0.717) is 30.4 Å². The Labute approximate surface area is 185 Å². The number of alkyl halides is 1. The van der Waals surface area contributed by atoms with E-state index in [-0.39, 0.29) is 17.0 Å². The first-order valence-electron chi connectivity index (χ1n) is 9.80. The van der Waals surface area contributed by atoms with E-state index in [4.69, 9.17) is 32.9 Å². The van der Waals surface area contributed by atoms with E-state index in [1.807, 2.05) is 29.7 Å². The molecule has 0 spiro atoms. The van der Waals surface area contributed by atoms with Crippen molar-refractivity contribution < 1.29 is 13.9 Å². The third kappa shape index (κ3) is 5.43. The van der Waals surface area contributed by atoms with Gasteiger partial charge in [-0.05, 0) is 50.1 Å². The number of fused-ring (bicyclic) bond motifs is 1. The summed E-state index contributed by atoms with van der Waals surface area (Å²) in [6, 6.07) is 10.1. The first kappa shape index (κ1) is 22.4. The van der Waals surface area contributed by atoms with Crippen LogP contribution in [0.5, 0.6) is 5.75 Å². The molecule has 0 fully saturated rings. The molecular formula is C22H24Cl2FN3O2. The van der Waals surface area contributed by atoms with Crippen LogP contribution in [0.15, 0.2) is 36.4 Å². The number of unbranched alkanes of at least 4 members (excludes halogenated alkanes) is 1. The lowest BCUT2D eigenvalue weighted by atomic mass is 10.2. The van der Waals surface area contributed by atoms with Gasteiger partial charge in [-0.15, -0.1) is 11.6 Å². The molecular weight excluding hydrogens is 428 g/mol. The van der Waals surface area contributed by atoms with Crippen LogP contribution in [-0.4, -0.2) is 34.0 Å². The predicted octanol–water partition coefficient (Wildman–Crippen LogP) is 5.42.